The van der Waals surface area contributed by atoms with E-state index >= 15 is 0 Å². The van der Waals surface area contributed by atoms with Crippen molar-refractivity contribution < 1.29 is 9.53 Å². The Bertz CT molecular complexity index is 376. The summed E-state index contributed by atoms with van der Waals surface area (Å²) in [6.45, 7) is 11.2. The summed E-state index contributed by atoms with van der Waals surface area (Å²) >= 11 is 0. The fourth-order valence-corrected chi connectivity index (χ4v) is 2.45. The second kappa shape index (κ2) is 7.54. The van der Waals surface area contributed by atoms with Crippen LogP contribution in [-0.4, -0.2) is 41.8 Å². The molecule has 0 saturated carbocycles. The molecule has 1 N–H and O–H groups in total. The zero-order valence-corrected chi connectivity index (χ0v) is 13.5. The van der Waals surface area contributed by atoms with Gasteiger partial charge in [0, 0.05) is 18.6 Å². The molecule has 2 unspecified atom stereocenters. The molecule has 4 nitrogen and oxygen atoms in total. The molecule has 0 aliphatic carbocycles. The van der Waals surface area contributed by atoms with Crippen molar-refractivity contribution in [2.24, 2.45) is 0 Å². The van der Waals surface area contributed by atoms with Crippen molar-refractivity contribution in [1.82, 2.24) is 10.2 Å². The van der Waals surface area contributed by atoms with Crippen LogP contribution in [0.1, 0.15) is 53.9 Å². The Hall–Kier alpha value is -1.21. The van der Waals surface area contributed by atoms with Gasteiger partial charge in [0.1, 0.15) is 5.60 Å². The number of ether oxygens (including phenoxy) is 1. The maximum absolute atomic E-state index is 12.2. The number of rotatable bonds is 4. The molecule has 0 aromatic rings. The summed E-state index contributed by atoms with van der Waals surface area (Å²) in [4.78, 5) is 14.1. The van der Waals surface area contributed by atoms with Gasteiger partial charge >= 0.3 is 6.09 Å². The van der Waals surface area contributed by atoms with Gasteiger partial charge < -0.3 is 15.0 Å². The summed E-state index contributed by atoms with van der Waals surface area (Å²) < 4.78 is 5.48. The Kier molecular flexibility index (Phi) is 6.35. The van der Waals surface area contributed by atoms with Crippen LogP contribution in [0.2, 0.25) is 0 Å². The Morgan fingerprint density at radius 3 is 2.80 bits per heavy atom. The van der Waals surface area contributed by atoms with Crippen LogP contribution in [0.4, 0.5) is 4.79 Å². The molecule has 1 fully saturated rings. The molecule has 4 heteroatoms. The van der Waals surface area contributed by atoms with Crippen LogP contribution in [-0.2, 0) is 4.74 Å². The third kappa shape index (κ3) is 5.83. The van der Waals surface area contributed by atoms with Crippen molar-refractivity contribution in [3.05, 3.63) is 0 Å². The molecule has 0 bridgehead atoms. The van der Waals surface area contributed by atoms with Gasteiger partial charge in [-0.2, -0.15) is 0 Å². The molecule has 0 aromatic heterocycles. The summed E-state index contributed by atoms with van der Waals surface area (Å²) in [5.74, 6) is 5.88. The van der Waals surface area contributed by atoms with E-state index in [9.17, 15) is 4.79 Å². The van der Waals surface area contributed by atoms with E-state index in [0.29, 0.717) is 12.6 Å². The highest BCUT2D eigenvalue weighted by atomic mass is 16.6. The summed E-state index contributed by atoms with van der Waals surface area (Å²) in [7, 11) is 0. The molecule has 1 heterocycles. The number of nitrogens with zero attached hydrogens (tertiary/aromatic N) is 1. The van der Waals surface area contributed by atoms with Crippen LogP contribution in [0, 0.1) is 11.8 Å². The van der Waals surface area contributed by atoms with E-state index in [1.54, 1.807) is 0 Å². The van der Waals surface area contributed by atoms with Gasteiger partial charge in [0.25, 0.3) is 0 Å². The first-order chi connectivity index (χ1) is 9.33. The molecule has 2 atom stereocenters. The van der Waals surface area contributed by atoms with Crippen molar-refractivity contribution in [3.8, 4) is 11.8 Å². The first-order valence-corrected chi connectivity index (χ1v) is 7.46. The summed E-state index contributed by atoms with van der Waals surface area (Å²) in [6, 6.07) is 0.630. The van der Waals surface area contributed by atoms with Crippen LogP contribution in [0.5, 0.6) is 0 Å². The quantitative estimate of drug-likeness (QED) is 0.805. The summed E-state index contributed by atoms with van der Waals surface area (Å²) in [5.41, 5.74) is -0.426. The second-order valence-electron chi connectivity index (χ2n) is 6.41. The number of hydrogen-bond acceptors (Lipinski definition) is 3. The highest BCUT2D eigenvalue weighted by Gasteiger charge is 2.32. The smallest absolute Gasteiger partial charge is 0.410 e. The zero-order chi connectivity index (χ0) is 15.2. The number of likely N-dealkylation sites (tertiary alicyclic amines) is 1. The molecule has 0 radical (unpaired) electrons. The monoisotopic (exact) mass is 280 g/mol. The molecule has 0 aromatic carbocycles. The second-order valence-corrected chi connectivity index (χ2v) is 6.41. The van der Waals surface area contributed by atoms with Gasteiger partial charge in [-0.25, -0.2) is 4.79 Å². The van der Waals surface area contributed by atoms with Gasteiger partial charge in [-0.3, -0.25) is 0 Å². The van der Waals surface area contributed by atoms with Gasteiger partial charge in [0.05, 0.1) is 6.54 Å². The van der Waals surface area contributed by atoms with Crippen molar-refractivity contribution >= 4 is 6.09 Å². The molecule has 20 heavy (non-hydrogen) atoms. The van der Waals surface area contributed by atoms with E-state index in [1.165, 1.54) is 0 Å². The van der Waals surface area contributed by atoms with E-state index in [0.717, 1.165) is 25.8 Å². The SMILES string of the molecule is CC#CCNC(C)CC1CCCN1C(=O)OC(C)(C)C. The highest BCUT2D eigenvalue weighted by Crippen LogP contribution is 2.23. The molecule has 0 spiro atoms. The Morgan fingerprint density at radius 2 is 2.20 bits per heavy atom. The molecule has 1 saturated heterocycles. The number of carbonyl (C=O) groups excluding carboxylic acids is 1. The number of amides is 1. The summed E-state index contributed by atoms with van der Waals surface area (Å²) in [6.07, 6.45) is 2.89. The minimum absolute atomic E-state index is 0.180. The lowest BCUT2D eigenvalue weighted by Gasteiger charge is -2.30. The minimum Gasteiger partial charge on any atom is -0.444 e. The van der Waals surface area contributed by atoms with E-state index in [1.807, 2.05) is 32.6 Å². The first kappa shape index (κ1) is 16.8. The van der Waals surface area contributed by atoms with E-state index < -0.39 is 5.60 Å². The predicted octanol–water partition coefficient (Wildman–Crippen LogP) is 2.78. The van der Waals surface area contributed by atoms with E-state index in [2.05, 4.69) is 24.1 Å². The predicted molar refractivity (Wildman–Crippen MR) is 81.5 cm³/mol. The lowest BCUT2D eigenvalue weighted by molar-refractivity contribution is 0.0215. The zero-order valence-electron chi connectivity index (χ0n) is 13.5. The largest absolute Gasteiger partial charge is 0.444 e. The van der Waals surface area contributed by atoms with Crippen LogP contribution in [0.25, 0.3) is 0 Å². The van der Waals surface area contributed by atoms with Crippen molar-refractivity contribution in [3.63, 3.8) is 0 Å². The van der Waals surface area contributed by atoms with E-state index in [-0.39, 0.29) is 12.1 Å². The van der Waals surface area contributed by atoms with Gasteiger partial charge in [0.2, 0.25) is 0 Å². The third-order valence-electron chi connectivity index (χ3n) is 3.35. The number of hydrogen-bond donors (Lipinski definition) is 1. The molecule has 1 amide bonds. The Morgan fingerprint density at radius 1 is 1.50 bits per heavy atom. The van der Waals surface area contributed by atoms with Crippen molar-refractivity contribution in [2.45, 2.75) is 71.6 Å². The first-order valence-electron chi connectivity index (χ1n) is 7.46. The Balaban J connectivity index is 2.47. The standard InChI is InChI=1S/C16H28N2O2/c1-6-7-10-17-13(2)12-14-9-8-11-18(14)15(19)20-16(3,4)5/h13-14,17H,8-12H2,1-5H3. The van der Waals surface area contributed by atoms with Gasteiger partial charge in [-0.15, -0.1) is 5.92 Å². The lowest BCUT2D eigenvalue weighted by Crippen LogP contribution is -2.42. The van der Waals surface area contributed by atoms with Crippen LogP contribution in [0.15, 0.2) is 0 Å². The molecular formula is C16H28N2O2. The van der Waals surface area contributed by atoms with Crippen LogP contribution in [0.3, 0.4) is 0 Å². The van der Waals surface area contributed by atoms with Gasteiger partial charge in [-0.1, -0.05) is 5.92 Å². The lowest BCUT2D eigenvalue weighted by atomic mass is 10.1. The maximum atomic E-state index is 12.2. The fraction of sp³-hybridized carbons (Fsp3) is 0.812. The van der Waals surface area contributed by atoms with Crippen molar-refractivity contribution in [2.75, 3.05) is 13.1 Å². The van der Waals surface area contributed by atoms with Gasteiger partial charge in [-0.05, 0) is 53.9 Å². The number of nitrogens with one attached hydrogen (secondary N) is 1. The van der Waals surface area contributed by atoms with Gasteiger partial charge in [0.15, 0.2) is 0 Å². The molecule has 1 aliphatic rings. The van der Waals surface area contributed by atoms with E-state index in [4.69, 9.17) is 4.74 Å². The Labute approximate surface area is 123 Å². The summed E-state index contributed by atoms with van der Waals surface area (Å²) in [5, 5.41) is 3.37. The number of carbonyl (C=O) groups is 1. The maximum Gasteiger partial charge on any atom is 0.410 e. The average Bonchev–Trinajstić information content (AvgIpc) is 2.75. The molecule has 1 aliphatic heterocycles. The average molecular weight is 280 g/mol. The van der Waals surface area contributed by atoms with Crippen molar-refractivity contribution in [1.29, 1.82) is 0 Å². The van der Waals surface area contributed by atoms with Crippen LogP contribution >= 0.6 is 0 Å². The fourth-order valence-electron chi connectivity index (χ4n) is 2.45. The normalized spacial score (nSPS) is 20.2. The minimum atomic E-state index is -0.426. The topological polar surface area (TPSA) is 41.6 Å². The molecular weight excluding hydrogens is 252 g/mol. The molecule has 114 valence electrons. The third-order valence-corrected chi connectivity index (χ3v) is 3.35. The van der Waals surface area contributed by atoms with Crippen LogP contribution < -0.4 is 5.32 Å². The molecule has 1 rings (SSSR count). The highest BCUT2D eigenvalue weighted by molar-refractivity contribution is 5.68.